The number of hydrogen-bond acceptors (Lipinski definition) is 2. The molecule has 2 heteroatoms. The summed E-state index contributed by atoms with van der Waals surface area (Å²) in [6.07, 6.45) is 7.71. The Labute approximate surface area is 101 Å². The van der Waals surface area contributed by atoms with E-state index in [2.05, 4.69) is 26.0 Å². The third kappa shape index (κ3) is 1.30. The van der Waals surface area contributed by atoms with Crippen molar-refractivity contribution in [2.24, 2.45) is 5.41 Å². The summed E-state index contributed by atoms with van der Waals surface area (Å²) in [6, 6.07) is 0. The number of allylic oxidation sites excluding steroid dienone is 4. The SMILES string of the molecule is CC1=C2C(=O)c3c(C)coc3C[C@@]2(C)C=CC1. The van der Waals surface area contributed by atoms with Crippen molar-refractivity contribution in [2.45, 2.75) is 33.6 Å². The van der Waals surface area contributed by atoms with Gasteiger partial charge in [0.25, 0.3) is 0 Å². The predicted octanol–water partition coefficient (Wildman–Crippen LogP) is 3.61. The predicted molar refractivity (Wildman–Crippen MR) is 66.0 cm³/mol. The monoisotopic (exact) mass is 228 g/mol. The minimum atomic E-state index is -0.170. The summed E-state index contributed by atoms with van der Waals surface area (Å²) in [6.45, 7) is 6.13. The van der Waals surface area contributed by atoms with Crippen LogP contribution in [0, 0.1) is 12.3 Å². The van der Waals surface area contributed by atoms with Crippen LogP contribution in [0.2, 0.25) is 0 Å². The van der Waals surface area contributed by atoms with Gasteiger partial charge in [-0.25, -0.2) is 0 Å². The van der Waals surface area contributed by atoms with Crippen LogP contribution in [0.15, 0.2) is 34.0 Å². The summed E-state index contributed by atoms with van der Waals surface area (Å²) in [7, 11) is 0. The van der Waals surface area contributed by atoms with Crippen LogP contribution in [0.3, 0.4) is 0 Å². The third-order valence-corrected chi connectivity index (χ3v) is 3.94. The summed E-state index contributed by atoms with van der Waals surface area (Å²) in [5.41, 5.74) is 3.77. The number of hydrogen-bond donors (Lipinski definition) is 0. The van der Waals surface area contributed by atoms with Crippen molar-refractivity contribution in [3.8, 4) is 0 Å². The molecule has 1 aromatic rings. The number of aryl methyl sites for hydroxylation is 1. The number of fused-ring (bicyclic) bond motifs is 2. The van der Waals surface area contributed by atoms with Crippen LogP contribution >= 0.6 is 0 Å². The number of ketones is 1. The van der Waals surface area contributed by atoms with Gasteiger partial charge in [-0.05, 0) is 25.8 Å². The highest BCUT2D eigenvalue weighted by Crippen LogP contribution is 2.46. The Kier molecular flexibility index (Phi) is 2.00. The Hall–Kier alpha value is -1.57. The van der Waals surface area contributed by atoms with E-state index in [4.69, 9.17) is 4.42 Å². The quantitative estimate of drug-likeness (QED) is 0.635. The molecule has 2 aliphatic rings. The molecule has 0 aromatic carbocycles. The minimum absolute atomic E-state index is 0.168. The summed E-state index contributed by atoms with van der Waals surface area (Å²) in [4.78, 5) is 12.6. The first-order chi connectivity index (χ1) is 8.03. The summed E-state index contributed by atoms with van der Waals surface area (Å²) < 4.78 is 5.53. The number of Topliss-reactive ketones (excluding diaryl/α,β-unsaturated/α-hetero) is 1. The van der Waals surface area contributed by atoms with Gasteiger partial charge in [-0.1, -0.05) is 24.6 Å². The van der Waals surface area contributed by atoms with Crippen molar-refractivity contribution >= 4 is 5.78 Å². The smallest absolute Gasteiger partial charge is 0.193 e. The maximum absolute atomic E-state index is 12.6. The second-order valence-corrected chi connectivity index (χ2v) is 5.40. The second kappa shape index (κ2) is 3.22. The molecule has 3 rings (SSSR count). The Balaban J connectivity index is 2.27. The lowest BCUT2D eigenvalue weighted by molar-refractivity contribution is 0.0993. The first kappa shape index (κ1) is 10.6. The fourth-order valence-electron chi connectivity index (χ4n) is 3.16. The first-order valence-electron chi connectivity index (χ1n) is 6.02. The van der Waals surface area contributed by atoms with Gasteiger partial charge in [-0.15, -0.1) is 0 Å². The van der Waals surface area contributed by atoms with E-state index in [-0.39, 0.29) is 11.2 Å². The molecular formula is C15H16O2. The maximum atomic E-state index is 12.6. The Morgan fingerprint density at radius 3 is 2.88 bits per heavy atom. The molecule has 17 heavy (non-hydrogen) atoms. The van der Waals surface area contributed by atoms with E-state index in [1.807, 2.05) is 6.92 Å². The molecule has 0 saturated carbocycles. The van der Waals surface area contributed by atoms with Gasteiger partial charge in [0, 0.05) is 17.4 Å². The Morgan fingerprint density at radius 2 is 2.12 bits per heavy atom. The lowest BCUT2D eigenvalue weighted by atomic mass is 9.66. The molecule has 0 bridgehead atoms. The molecule has 0 amide bonds. The van der Waals surface area contributed by atoms with E-state index in [1.54, 1.807) is 6.26 Å². The van der Waals surface area contributed by atoms with Crippen molar-refractivity contribution in [3.63, 3.8) is 0 Å². The first-order valence-corrected chi connectivity index (χ1v) is 6.02. The van der Waals surface area contributed by atoms with Crippen LogP contribution in [0.5, 0.6) is 0 Å². The average Bonchev–Trinajstić information content (AvgIpc) is 2.59. The molecule has 1 heterocycles. The van der Waals surface area contributed by atoms with E-state index < -0.39 is 0 Å². The molecule has 0 N–H and O–H groups in total. The van der Waals surface area contributed by atoms with Crippen LogP contribution in [0.25, 0.3) is 0 Å². The van der Waals surface area contributed by atoms with Gasteiger partial charge >= 0.3 is 0 Å². The van der Waals surface area contributed by atoms with Crippen LogP contribution in [-0.4, -0.2) is 5.78 Å². The molecule has 0 aliphatic heterocycles. The zero-order chi connectivity index (χ0) is 12.2. The molecule has 88 valence electrons. The molecule has 1 atom stereocenters. The molecule has 0 radical (unpaired) electrons. The molecule has 0 unspecified atom stereocenters. The van der Waals surface area contributed by atoms with Gasteiger partial charge in [0.1, 0.15) is 5.76 Å². The fraction of sp³-hybridized carbons (Fsp3) is 0.400. The normalized spacial score (nSPS) is 27.1. The van der Waals surface area contributed by atoms with Crippen molar-refractivity contribution in [3.05, 3.63) is 46.4 Å². The fourth-order valence-corrected chi connectivity index (χ4v) is 3.16. The van der Waals surface area contributed by atoms with Crippen LogP contribution in [0.4, 0.5) is 0 Å². The Bertz CT molecular complexity index is 572. The third-order valence-electron chi connectivity index (χ3n) is 3.94. The molecule has 1 aromatic heterocycles. The average molecular weight is 228 g/mol. The molecule has 0 spiro atoms. The standard InChI is InChI=1S/C15H16O2/c1-9-5-4-6-15(3)7-11-12(10(2)8-17-11)14(16)13(9)15/h4,6,8H,5,7H2,1-3H3/t15-/m1/s1. The molecule has 2 aliphatic carbocycles. The zero-order valence-corrected chi connectivity index (χ0v) is 10.5. The highest BCUT2D eigenvalue weighted by molar-refractivity contribution is 6.13. The van der Waals surface area contributed by atoms with Gasteiger partial charge in [0.05, 0.1) is 11.8 Å². The van der Waals surface area contributed by atoms with Gasteiger partial charge in [-0.3, -0.25) is 4.79 Å². The molecular weight excluding hydrogens is 212 g/mol. The van der Waals surface area contributed by atoms with E-state index in [9.17, 15) is 4.79 Å². The molecule has 2 nitrogen and oxygen atoms in total. The largest absolute Gasteiger partial charge is 0.468 e. The van der Waals surface area contributed by atoms with Gasteiger partial charge < -0.3 is 4.42 Å². The van der Waals surface area contributed by atoms with Crippen molar-refractivity contribution in [2.75, 3.05) is 0 Å². The number of carbonyl (C=O) groups excluding carboxylic acids is 1. The minimum Gasteiger partial charge on any atom is -0.468 e. The van der Waals surface area contributed by atoms with Crippen molar-refractivity contribution in [1.29, 1.82) is 0 Å². The number of carbonyl (C=O) groups is 1. The zero-order valence-electron chi connectivity index (χ0n) is 10.5. The van der Waals surface area contributed by atoms with E-state index in [1.165, 1.54) is 5.57 Å². The Morgan fingerprint density at radius 1 is 1.35 bits per heavy atom. The topological polar surface area (TPSA) is 30.2 Å². The van der Waals surface area contributed by atoms with Gasteiger partial charge in [0.15, 0.2) is 5.78 Å². The van der Waals surface area contributed by atoms with Gasteiger partial charge in [0.2, 0.25) is 0 Å². The maximum Gasteiger partial charge on any atom is 0.193 e. The number of rotatable bonds is 0. The summed E-state index contributed by atoms with van der Waals surface area (Å²) in [5, 5.41) is 0. The van der Waals surface area contributed by atoms with Crippen LogP contribution in [-0.2, 0) is 6.42 Å². The van der Waals surface area contributed by atoms with Crippen LogP contribution < -0.4 is 0 Å². The van der Waals surface area contributed by atoms with E-state index in [0.717, 1.165) is 35.3 Å². The summed E-state index contributed by atoms with van der Waals surface area (Å²) >= 11 is 0. The van der Waals surface area contributed by atoms with E-state index in [0.29, 0.717) is 0 Å². The lowest BCUT2D eigenvalue weighted by Crippen LogP contribution is -2.33. The van der Waals surface area contributed by atoms with Crippen molar-refractivity contribution < 1.29 is 9.21 Å². The van der Waals surface area contributed by atoms with Gasteiger partial charge in [-0.2, -0.15) is 0 Å². The second-order valence-electron chi connectivity index (χ2n) is 5.40. The van der Waals surface area contributed by atoms with Crippen LogP contribution in [0.1, 0.15) is 41.9 Å². The number of furan rings is 1. The highest BCUT2D eigenvalue weighted by atomic mass is 16.3. The highest BCUT2D eigenvalue weighted by Gasteiger charge is 2.42. The molecule has 0 fully saturated rings. The van der Waals surface area contributed by atoms with Crippen molar-refractivity contribution in [1.82, 2.24) is 0 Å². The lowest BCUT2D eigenvalue weighted by Gasteiger charge is -2.35. The molecule has 0 saturated heterocycles. The summed E-state index contributed by atoms with van der Waals surface area (Å²) in [5.74, 6) is 1.01. The van der Waals surface area contributed by atoms with E-state index >= 15 is 0 Å².